The molecule has 0 aromatic heterocycles. The normalized spacial score (nSPS) is 17.0. The van der Waals surface area contributed by atoms with Crippen LogP contribution < -0.4 is 15.5 Å². The molecule has 3 rings (SSSR count). The molecule has 0 spiro atoms. The van der Waals surface area contributed by atoms with E-state index in [1.165, 1.54) is 18.0 Å². The van der Waals surface area contributed by atoms with Crippen molar-refractivity contribution >= 4 is 69.9 Å². The highest BCUT2D eigenvalue weighted by Crippen LogP contribution is 2.23. The van der Waals surface area contributed by atoms with Crippen LogP contribution in [0.3, 0.4) is 0 Å². The van der Waals surface area contributed by atoms with Crippen LogP contribution in [-0.4, -0.2) is 29.0 Å². The van der Waals surface area contributed by atoms with Gasteiger partial charge in [0.15, 0.2) is 11.0 Å². The molecule has 0 unspecified atom stereocenters. The molecule has 1 saturated heterocycles. The molecule has 1 heterocycles. The van der Waals surface area contributed by atoms with Gasteiger partial charge in [-0.1, -0.05) is 11.6 Å². The van der Waals surface area contributed by atoms with Crippen molar-refractivity contribution in [2.45, 2.75) is 6.92 Å². The monoisotopic (exact) mass is 414 g/mol. The molecule has 7 nitrogen and oxygen atoms in total. The first-order valence-electron chi connectivity index (χ1n) is 8.21. The fourth-order valence-electron chi connectivity index (χ4n) is 2.55. The highest BCUT2D eigenvalue weighted by molar-refractivity contribution is 7.80. The molecule has 0 bridgehead atoms. The van der Waals surface area contributed by atoms with Gasteiger partial charge >= 0.3 is 0 Å². The van der Waals surface area contributed by atoms with E-state index in [-0.39, 0.29) is 11.0 Å². The molecule has 0 radical (unpaired) electrons. The van der Waals surface area contributed by atoms with Crippen molar-refractivity contribution in [2.75, 3.05) is 10.2 Å². The van der Waals surface area contributed by atoms with Crippen molar-refractivity contribution in [2.24, 2.45) is 10.9 Å². The maximum absolute atomic E-state index is 12.8. The molecule has 142 valence electrons. The molecular weight excluding hydrogens is 400 g/mol. The average molecular weight is 415 g/mol. The molecule has 1 aliphatic rings. The topological polar surface area (TPSA) is 90.9 Å². The van der Waals surface area contributed by atoms with Crippen LogP contribution in [0.2, 0.25) is 5.02 Å². The number of benzene rings is 2. The minimum Gasteiger partial charge on any atom is -0.326 e. The molecule has 1 aliphatic heterocycles. The highest BCUT2D eigenvalue weighted by atomic mass is 35.5. The van der Waals surface area contributed by atoms with E-state index >= 15 is 0 Å². The first-order chi connectivity index (χ1) is 13.3. The minimum atomic E-state index is -1.13. The van der Waals surface area contributed by atoms with Gasteiger partial charge in [-0.15, -0.1) is 0 Å². The van der Waals surface area contributed by atoms with Crippen LogP contribution in [-0.2, 0) is 14.4 Å². The highest BCUT2D eigenvalue weighted by Gasteiger charge is 2.38. The molecule has 0 saturated carbocycles. The molecule has 28 heavy (non-hydrogen) atoms. The van der Waals surface area contributed by atoms with Crippen molar-refractivity contribution in [3.63, 3.8) is 0 Å². The van der Waals surface area contributed by atoms with E-state index in [0.29, 0.717) is 22.1 Å². The van der Waals surface area contributed by atoms with Crippen LogP contribution in [0, 0.1) is 5.92 Å². The van der Waals surface area contributed by atoms with Crippen LogP contribution in [0.1, 0.15) is 6.92 Å². The van der Waals surface area contributed by atoms with Gasteiger partial charge in [-0.2, -0.15) is 0 Å². The number of hydrogen-bond donors (Lipinski definition) is 2. The predicted octanol–water partition coefficient (Wildman–Crippen LogP) is 3.06. The van der Waals surface area contributed by atoms with Crippen LogP contribution in [0.15, 0.2) is 53.5 Å². The van der Waals surface area contributed by atoms with Crippen LogP contribution in [0.25, 0.3) is 0 Å². The third kappa shape index (κ3) is 4.41. The first kappa shape index (κ1) is 19.7. The number of thiocarbonyl (C=S) groups is 1. The summed E-state index contributed by atoms with van der Waals surface area (Å²) in [6.45, 7) is 1.41. The predicted molar refractivity (Wildman–Crippen MR) is 112 cm³/mol. The Bertz CT molecular complexity index is 974. The van der Waals surface area contributed by atoms with Crippen LogP contribution >= 0.6 is 23.8 Å². The maximum atomic E-state index is 12.8. The molecule has 2 aromatic carbocycles. The Balaban J connectivity index is 1.80. The summed E-state index contributed by atoms with van der Waals surface area (Å²) in [6, 6.07) is 13.2. The van der Waals surface area contributed by atoms with E-state index in [2.05, 4.69) is 15.6 Å². The largest absolute Gasteiger partial charge is 0.326 e. The van der Waals surface area contributed by atoms with Gasteiger partial charge in [0.2, 0.25) is 11.8 Å². The van der Waals surface area contributed by atoms with Gasteiger partial charge in [-0.25, -0.2) is 0 Å². The molecule has 0 aliphatic carbocycles. The quantitative estimate of drug-likeness (QED) is 0.457. The number of nitrogens with zero attached hydrogens (tertiary/aromatic N) is 2. The molecule has 3 amide bonds. The number of nitrogens with one attached hydrogen (secondary N) is 2. The molecule has 1 fully saturated rings. The van der Waals surface area contributed by atoms with Gasteiger partial charge in [-0.3, -0.25) is 24.3 Å². The second-order valence-electron chi connectivity index (χ2n) is 5.93. The van der Waals surface area contributed by atoms with E-state index in [9.17, 15) is 14.4 Å². The van der Waals surface area contributed by atoms with Gasteiger partial charge in [0.1, 0.15) is 0 Å². The Morgan fingerprint density at radius 1 is 1.18 bits per heavy atom. The maximum Gasteiger partial charge on any atom is 0.251 e. The van der Waals surface area contributed by atoms with Gasteiger partial charge in [-0.05, 0) is 60.7 Å². The third-order valence-corrected chi connectivity index (χ3v) is 4.38. The molecule has 2 N–H and O–H groups in total. The van der Waals surface area contributed by atoms with Crippen molar-refractivity contribution in [1.29, 1.82) is 0 Å². The number of aliphatic imine (C=N–C) groups is 1. The van der Waals surface area contributed by atoms with E-state index in [1.807, 2.05) is 0 Å². The Hall–Kier alpha value is -3.10. The lowest BCUT2D eigenvalue weighted by molar-refractivity contribution is -0.130. The SMILES string of the molecule is CC(=O)Nc1ccc(N=C[C@H]2C(=O)NC(=S)N(c3ccc(Cl)cc3)C2=O)cc1. The number of hydrogen-bond acceptors (Lipinski definition) is 5. The Morgan fingerprint density at radius 3 is 2.43 bits per heavy atom. The lowest BCUT2D eigenvalue weighted by Crippen LogP contribution is -2.58. The Labute approximate surface area is 171 Å². The van der Waals surface area contributed by atoms with Gasteiger partial charge < -0.3 is 10.6 Å². The Morgan fingerprint density at radius 2 is 1.82 bits per heavy atom. The molecular formula is C19H15ClN4O3S. The number of carbonyl (C=O) groups is 3. The van der Waals surface area contributed by atoms with Crippen molar-refractivity contribution < 1.29 is 14.4 Å². The Kier molecular flexibility index (Phi) is 5.81. The molecule has 2 aromatic rings. The van der Waals surface area contributed by atoms with E-state index in [4.69, 9.17) is 23.8 Å². The zero-order valence-electron chi connectivity index (χ0n) is 14.7. The third-order valence-electron chi connectivity index (χ3n) is 3.85. The van der Waals surface area contributed by atoms with Crippen LogP contribution in [0.5, 0.6) is 0 Å². The fourth-order valence-corrected chi connectivity index (χ4v) is 2.97. The lowest BCUT2D eigenvalue weighted by Gasteiger charge is -2.30. The van der Waals surface area contributed by atoms with Crippen molar-refractivity contribution in [3.8, 4) is 0 Å². The van der Waals surface area contributed by atoms with Crippen LogP contribution in [0.4, 0.5) is 17.1 Å². The number of halogens is 1. The van der Waals surface area contributed by atoms with Gasteiger partial charge in [0.05, 0.1) is 11.4 Å². The summed E-state index contributed by atoms with van der Waals surface area (Å²) in [7, 11) is 0. The van der Waals surface area contributed by atoms with Gasteiger partial charge in [0.25, 0.3) is 5.91 Å². The van der Waals surface area contributed by atoms with E-state index < -0.39 is 17.7 Å². The van der Waals surface area contributed by atoms with Gasteiger partial charge in [0, 0.05) is 23.8 Å². The molecule has 9 heteroatoms. The van der Waals surface area contributed by atoms with Crippen molar-refractivity contribution in [3.05, 3.63) is 53.6 Å². The summed E-state index contributed by atoms with van der Waals surface area (Å²) >= 11 is 11.0. The van der Waals surface area contributed by atoms with E-state index in [1.54, 1.807) is 48.5 Å². The number of amides is 3. The summed E-state index contributed by atoms with van der Waals surface area (Å²) in [6.07, 6.45) is 1.27. The average Bonchev–Trinajstić information content (AvgIpc) is 2.63. The first-order valence-corrected chi connectivity index (χ1v) is 9.00. The summed E-state index contributed by atoms with van der Waals surface area (Å²) in [5.41, 5.74) is 1.65. The minimum absolute atomic E-state index is 0.00151. The smallest absolute Gasteiger partial charge is 0.251 e. The second-order valence-corrected chi connectivity index (χ2v) is 6.75. The second kappa shape index (κ2) is 8.28. The summed E-state index contributed by atoms with van der Waals surface area (Å²) in [5.74, 6) is -2.36. The standard InChI is InChI=1S/C19H15ClN4O3S/c1-11(25)22-14-6-4-13(5-7-14)21-10-16-17(26)23-19(28)24(18(16)27)15-8-2-12(20)3-9-15/h2-10,16H,1H3,(H,22,25)(H,23,26,28)/t16-/m0/s1. The summed E-state index contributed by atoms with van der Waals surface area (Å²) in [5, 5.41) is 5.68. The number of rotatable bonds is 4. The summed E-state index contributed by atoms with van der Waals surface area (Å²) in [4.78, 5) is 41.6. The van der Waals surface area contributed by atoms with Crippen molar-refractivity contribution in [1.82, 2.24) is 5.32 Å². The lowest BCUT2D eigenvalue weighted by atomic mass is 10.1. The van der Waals surface area contributed by atoms with E-state index in [0.717, 1.165) is 0 Å². The number of anilines is 2. The summed E-state index contributed by atoms with van der Waals surface area (Å²) < 4.78 is 0. The fraction of sp³-hybridized carbons (Fsp3) is 0.105. The number of carbonyl (C=O) groups excluding carboxylic acids is 3. The zero-order chi connectivity index (χ0) is 20.3. The molecule has 1 atom stereocenters. The zero-order valence-corrected chi connectivity index (χ0v) is 16.3.